The average Bonchev–Trinajstić information content (AvgIpc) is 2.73. The minimum atomic E-state index is -0.935. The fourth-order valence-electron chi connectivity index (χ4n) is 0.477. The number of esters is 3. The topological polar surface area (TPSA) is 107 Å². The molecule has 0 aromatic rings. The zero-order valence-electron chi connectivity index (χ0n) is 11.5. The maximum absolute atomic E-state index is 10.2. The number of aliphatic carboxylic acids is 1. The highest BCUT2D eigenvalue weighted by atomic mass is 16.6. The molecule has 7 heteroatoms. The maximum Gasteiger partial charge on any atom is 0.338 e. The summed E-state index contributed by atoms with van der Waals surface area (Å²) >= 11 is 0. The van der Waals surface area contributed by atoms with Gasteiger partial charge in [-0.15, -0.1) is 0 Å². The van der Waals surface area contributed by atoms with E-state index in [4.69, 9.17) is 5.11 Å². The van der Waals surface area contributed by atoms with Crippen LogP contribution in [-0.2, 0) is 28.7 Å². The van der Waals surface area contributed by atoms with Crippen LogP contribution in [0.15, 0.2) is 36.5 Å². The quantitative estimate of drug-likeness (QED) is 0.458. The number of carboxylic acid groups (broad SMARTS) is 1. The van der Waals surface area contributed by atoms with E-state index >= 15 is 0 Å². The fourth-order valence-corrected chi connectivity index (χ4v) is 0.477. The summed E-state index contributed by atoms with van der Waals surface area (Å²) in [4.78, 5) is 39.6. The third-order valence-electron chi connectivity index (χ3n) is 1.46. The van der Waals surface area contributed by atoms with Crippen LogP contribution in [0.4, 0.5) is 0 Å². The first-order valence-electron chi connectivity index (χ1n) is 5.18. The highest BCUT2D eigenvalue weighted by Crippen LogP contribution is 1.92. The van der Waals surface area contributed by atoms with E-state index in [1.807, 2.05) is 0 Å². The van der Waals surface area contributed by atoms with Gasteiger partial charge in [-0.05, 0) is 13.8 Å². The van der Waals surface area contributed by atoms with E-state index in [1.54, 1.807) is 6.92 Å². The summed E-state index contributed by atoms with van der Waals surface area (Å²) in [7, 11) is 1.33. The van der Waals surface area contributed by atoms with Gasteiger partial charge in [0.1, 0.15) is 0 Å². The molecule has 0 radical (unpaired) electrons. The number of ether oxygens (including phenoxy) is 2. The fraction of sp³-hybridized carbons (Fsp3) is 0.231. The normalized spacial score (nSPS) is 11.2. The van der Waals surface area contributed by atoms with Crippen molar-refractivity contribution in [2.45, 2.75) is 13.8 Å². The van der Waals surface area contributed by atoms with E-state index in [0.717, 1.165) is 12.2 Å². The Morgan fingerprint density at radius 3 is 1.50 bits per heavy atom. The van der Waals surface area contributed by atoms with Crippen LogP contribution in [0.5, 0.6) is 0 Å². The summed E-state index contributed by atoms with van der Waals surface area (Å²) < 4.78 is 8.25. The smallest absolute Gasteiger partial charge is 0.338 e. The molecule has 0 saturated heterocycles. The van der Waals surface area contributed by atoms with Crippen LogP contribution in [0.3, 0.4) is 0 Å². The molecular weight excluding hydrogens is 268 g/mol. The molecule has 110 valence electrons. The molecule has 20 heavy (non-hydrogen) atoms. The molecule has 0 saturated carbocycles. The lowest BCUT2D eigenvalue weighted by Gasteiger charge is -1.91. The Bertz CT molecular complexity index is 429. The van der Waals surface area contributed by atoms with E-state index in [1.165, 1.54) is 14.0 Å². The Hall–Kier alpha value is -2.70. The van der Waals surface area contributed by atoms with Crippen molar-refractivity contribution >= 4 is 23.9 Å². The molecule has 7 nitrogen and oxygen atoms in total. The van der Waals surface area contributed by atoms with E-state index in [-0.39, 0.29) is 11.5 Å². The van der Waals surface area contributed by atoms with E-state index in [2.05, 4.69) is 22.6 Å². The van der Waals surface area contributed by atoms with Gasteiger partial charge in [0.2, 0.25) is 0 Å². The van der Waals surface area contributed by atoms with Crippen LogP contribution >= 0.6 is 0 Å². The predicted molar refractivity (Wildman–Crippen MR) is 69.5 cm³/mol. The standard InChI is InChI=1S/C5H8O2.C4H2O3.C4H6O2/c1-4(2)5(6)7-3;5-3-1-2-4(6)7-3;1-3(2)4(5)6/h1H2,2-3H3;1-2H;1H2,2H3,(H,5,6). The molecule has 0 amide bonds. The van der Waals surface area contributed by atoms with Gasteiger partial charge in [0.25, 0.3) is 0 Å². The molecule has 1 heterocycles. The van der Waals surface area contributed by atoms with Crippen molar-refractivity contribution in [3.63, 3.8) is 0 Å². The average molecular weight is 284 g/mol. The lowest BCUT2D eigenvalue weighted by Crippen LogP contribution is -1.98. The second-order valence-corrected chi connectivity index (χ2v) is 3.43. The molecule has 0 atom stereocenters. The number of carbonyl (C=O) groups excluding carboxylic acids is 3. The summed E-state index contributed by atoms with van der Waals surface area (Å²) in [5.74, 6) is -2.44. The summed E-state index contributed by atoms with van der Waals surface area (Å²) in [5.41, 5.74) is 0.609. The lowest BCUT2D eigenvalue weighted by atomic mass is 10.4. The number of hydrogen-bond acceptors (Lipinski definition) is 6. The van der Waals surface area contributed by atoms with Crippen LogP contribution in [0, 0.1) is 0 Å². The second-order valence-electron chi connectivity index (χ2n) is 3.43. The summed E-state index contributed by atoms with van der Waals surface area (Å²) in [6.45, 7) is 9.56. The van der Waals surface area contributed by atoms with E-state index in [0.29, 0.717) is 5.57 Å². The Kier molecular flexibility index (Phi) is 10.1. The molecule has 1 aliphatic heterocycles. The van der Waals surface area contributed by atoms with Crippen LogP contribution in [0.2, 0.25) is 0 Å². The summed E-state index contributed by atoms with van der Waals surface area (Å²) in [5, 5.41) is 7.89. The van der Waals surface area contributed by atoms with Crippen molar-refractivity contribution in [1.82, 2.24) is 0 Å². The zero-order valence-corrected chi connectivity index (χ0v) is 11.5. The molecular formula is C13H16O7. The number of methoxy groups -OCH3 is 1. The SMILES string of the molecule is C=C(C)C(=O)O.C=C(C)C(=O)OC.O=C1C=CC(=O)O1. The molecule has 1 N–H and O–H groups in total. The van der Waals surface area contributed by atoms with Crippen molar-refractivity contribution in [3.05, 3.63) is 36.5 Å². The monoisotopic (exact) mass is 284 g/mol. The maximum atomic E-state index is 10.2. The number of carboxylic acids is 1. The lowest BCUT2D eigenvalue weighted by molar-refractivity contribution is -0.150. The molecule has 1 aliphatic rings. The molecule has 0 aliphatic carbocycles. The Balaban J connectivity index is 0. The first-order chi connectivity index (χ1) is 9.11. The molecule has 0 aromatic heterocycles. The molecule has 0 fully saturated rings. The van der Waals surface area contributed by atoms with Crippen molar-refractivity contribution < 1.29 is 33.8 Å². The molecule has 0 aromatic carbocycles. The van der Waals surface area contributed by atoms with Gasteiger partial charge in [0.05, 0.1) is 7.11 Å². The summed E-state index contributed by atoms with van der Waals surface area (Å²) in [6, 6.07) is 0. The van der Waals surface area contributed by atoms with Gasteiger partial charge in [-0.1, -0.05) is 13.2 Å². The van der Waals surface area contributed by atoms with Crippen LogP contribution < -0.4 is 0 Å². The number of rotatable bonds is 2. The van der Waals surface area contributed by atoms with Crippen molar-refractivity contribution in [1.29, 1.82) is 0 Å². The first kappa shape index (κ1) is 19.6. The molecule has 0 unspecified atom stereocenters. The Labute approximate surface area is 116 Å². The van der Waals surface area contributed by atoms with Crippen molar-refractivity contribution in [2.75, 3.05) is 7.11 Å². The van der Waals surface area contributed by atoms with E-state index in [9.17, 15) is 19.2 Å². The first-order valence-corrected chi connectivity index (χ1v) is 5.18. The third-order valence-corrected chi connectivity index (χ3v) is 1.46. The molecule has 0 bridgehead atoms. The van der Waals surface area contributed by atoms with Crippen LogP contribution in [0.25, 0.3) is 0 Å². The van der Waals surface area contributed by atoms with Crippen LogP contribution in [0.1, 0.15) is 13.8 Å². The number of cyclic esters (lactones) is 2. The van der Waals surface area contributed by atoms with Gasteiger partial charge in [-0.25, -0.2) is 19.2 Å². The van der Waals surface area contributed by atoms with Gasteiger partial charge in [0.15, 0.2) is 0 Å². The van der Waals surface area contributed by atoms with Gasteiger partial charge in [-0.2, -0.15) is 0 Å². The van der Waals surface area contributed by atoms with Gasteiger partial charge < -0.3 is 14.6 Å². The minimum Gasteiger partial charge on any atom is -0.478 e. The highest BCUT2D eigenvalue weighted by Gasteiger charge is 2.10. The summed E-state index contributed by atoms with van der Waals surface area (Å²) in [6.07, 6.45) is 2.17. The van der Waals surface area contributed by atoms with Gasteiger partial charge in [0, 0.05) is 23.3 Å². The minimum absolute atomic E-state index is 0.176. The van der Waals surface area contributed by atoms with Crippen molar-refractivity contribution in [3.8, 4) is 0 Å². The number of carbonyl (C=O) groups is 4. The Morgan fingerprint density at radius 1 is 1.10 bits per heavy atom. The zero-order chi connectivity index (χ0) is 16.3. The third kappa shape index (κ3) is 11.8. The molecule has 1 rings (SSSR count). The van der Waals surface area contributed by atoms with Gasteiger partial charge >= 0.3 is 23.9 Å². The predicted octanol–water partition coefficient (Wildman–Crippen LogP) is 1.01. The van der Waals surface area contributed by atoms with Crippen molar-refractivity contribution in [2.24, 2.45) is 0 Å². The van der Waals surface area contributed by atoms with Gasteiger partial charge in [-0.3, -0.25) is 0 Å². The molecule has 0 spiro atoms. The highest BCUT2D eigenvalue weighted by molar-refractivity contribution is 6.04. The Morgan fingerprint density at radius 2 is 1.45 bits per heavy atom. The number of hydrogen-bond donors (Lipinski definition) is 1. The van der Waals surface area contributed by atoms with Crippen LogP contribution in [-0.4, -0.2) is 36.1 Å². The second kappa shape index (κ2) is 10.2. The largest absolute Gasteiger partial charge is 0.478 e. The van der Waals surface area contributed by atoms with E-state index < -0.39 is 17.9 Å².